The van der Waals surface area contributed by atoms with Crippen LogP contribution in [0.15, 0.2) is 42.9 Å². The van der Waals surface area contributed by atoms with Crippen molar-refractivity contribution < 1.29 is 4.79 Å². The van der Waals surface area contributed by atoms with Gasteiger partial charge in [0.05, 0.1) is 6.33 Å². The van der Waals surface area contributed by atoms with Crippen molar-refractivity contribution in [1.82, 2.24) is 9.55 Å². The third-order valence-corrected chi connectivity index (χ3v) is 3.80. The Morgan fingerprint density at radius 3 is 2.95 bits per heavy atom. The number of anilines is 1. The first-order valence-electron chi connectivity index (χ1n) is 6.57. The standard InChI is InChI=1S/C15H17N3O/c1-17(13-5-3-2-4-6-13)15(19)12-7-8-18-11-16-10-14(18)9-12/h2-6,10-12H,7-9H2,1H3. The number of imidazole rings is 1. The molecule has 1 aliphatic rings. The number of benzene rings is 1. The van der Waals surface area contributed by atoms with E-state index in [1.54, 1.807) is 4.90 Å². The first kappa shape index (κ1) is 12.0. The van der Waals surface area contributed by atoms with Crippen molar-refractivity contribution in [3.63, 3.8) is 0 Å². The molecule has 98 valence electrons. The number of hydrogen-bond donors (Lipinski definition) is 0. The van der Waals surface area contributed by atoms with Crippen LogP contribution in [0.5, 0.6) is 0 Å². The molecule has 1 unspecified atom stereocenters. The van der Waals surface area contributed by atoms with Gasteiger partial charge >= 0.3 is 0 Å². The number of rotatable bonds is 2. The van der Waals surface area contributed by atoms with Gasteiger partial charge in [0.25, 0.3) is 0 Å². The minimum absolute atomic E-state index is 0.0643. The summed E-state index contributed by atoms with van der Waals surface area (Å²) >= 11 is 0. The molecule has 1 aromatic heterocycles. The van der Waals surface area contributed by atoms with Crippen molar-refractivity contribution >= 4 is 11.6 Å². The summed E-state index contributed by atoms with van der Waals surface area (Å²) < 4.78 is 2.13. The van der Waals surface area contributed by atoms with Gasteiger partial charge in [-0.05, 0) is 18.6 Å². The molecule has 2 heterocycles. The average molecular weight is 255 g/mol. The molecule has 4 heteroatoms. The molecule has 0 radical (unpaired) electrons. The van der Waals surface area contributed by atoms with Crippen LogP contribution < -0.4 is 4.90 Å². The van der Waals surface area contributed by atoms with Gasteiger partial charge in [0.15, 0.2) is 0 Å². The number of amides is 1. The Balaban J connectivity index is 1.75. The molecule has 19 heavy (non-hydrogen) atoms. The lowest BCUT2D eigenvalue weighted by Crippen LogP contribution is -2.36. The first-order chi connectivity index (χ1) is 9.25. The third-order valence-electron chi connectivity index (χ3n) is 3.80. The average Bonchev–Trinajstić information content (AvgIpc) is 2.94. The fraction of sp³-hybridized carbons (Fsp3) is 0.333. The maximum Gasteiger partial charge on any atom is 0.230 e. The number of hydrogen-bond acceptors (Lipinski definition) is 2. The number of aryl methyl sites for hydroxylation is 1. The topological polar surface area (TPSA) is 38.1 Å². The molecule has 3 rings (SSSR count). The highest BCUT2D eigenvalue weighted by Gasteiger charge is 2.27. The molecule has 1 aliphatic heterocycles. The van der Waals surface area contributed by atoms with Crippen molar-refractivity contribution in [2.24, 2.45) is 5.92 Å². The van der Waals surface area contributed by atoms with Crippen molar-refractivity contribution in [3.05, 3.63) is 48.5 Å². The molecule has 1 atom stereocenters. The Labute approximate surface area is 112 Å². The molecule has 0 saturated carbocycles. The maximum absolute atomic E-state index is 12.5. The van der Waals surface area contributed by atoms with E-state index >= 15 is 0 Å². The Hall–Kier alpha value is -2.10. The monoisotopic (exact) mass is 255 g/mol. The van der Waals surface area contributed by atoms with Gasteiger partial charge in [-0.25, -0.2) is 4.98 Å². The number of nitrogens with zero attached hydrogens (tertiary/aromatic N) is 3. The lowest BCUT2D eigenvalue weighted by Gasteiger charge is -2.27. The molecule has 0 fully saturated rings. The number of para-hydroxylation sites is 1. The molecule has 4 nitrogen and oxygen atoms in total. The van der Waals surface area contributed by atoms with Gasteiger partial charge < -0.3 is 9.47 Å². The largest absolute Gasteiger partial charge is 0.335 e. The molecule has 0 saturated heterocycles. The quantitative estimate of drug-likeness (QED) is 0.824. The normalized spacial score (nSPS) is 17.8. The minimum Gasteiger partial charge on any atom is -0.335 e. The number of carbonyl (C=O) groups excluding carboxylic acids is 1. The van der Waals surface area contributed by atoms with E-state index in [1.165, 1.54) is 0 Å². The van der Waals surface area contributed by atoms with E-state index in [4.69, 9.17) is 0 Å². The van der Waals surface area contributed by atoms with Gasteiger partial charge in [-0.1, -0.05) is 18.2 Å². The summed E-state index contributed by atoms with van der Waals surface area (Å²) in [5.41, 5.74) is 2.11. The van der Waals surface area contributed by atoms with Gasteiger partial charge in [0.2, 0.25) is 5.91 Å². The highest BCUT2D eigenvalue weighted by atomic mass is 16.2. The summed E-state index contributed by atoms with van der Waals surface area (Å²) in [7, 11) is 1.85. The van der Waals surface area contributed by atoms with Crippen LogP contribution in [0.3, 0.4) is 0 Å². The zero-order valence-electron chi connectivity index (χ0n) is 11.0. The van der Waals surface area contributed by atoms with Crippen molar-refractivity contribution in [2.45, 2.75) is 19.4 Å². The van der Waals surface area contributed by atoms with E-state index < -0.39 is 0 Å². The lowest BCUT2D eigenvalue weighted by molar-refractivity contribution is -0.122. The van der Waals surface area contributed by atoms with Crippen LogP contribution in [0.1, 0.15) is 12.1 Å². The van der Waals surface area contributed by atoms with Gasteiger partial charge in [0, 0.05) is 43.5 Å². The summed E-state index contributed by atoms with van der Waals surface area (Å²) in [5, 5.41) is 0. The Bertz CT molecular complexity index is 576. The van der Waals surface area contributed by atoms with Crippen LogP contribution in [0.4, 0.5) is 5.69 Å². The molecular formula is C15H17N3O. The van der Waals surface area contributed by atoms with Crippen LogP contribution in [-0.4, -0.2) is 22.5 Å². The van der Waals surface area contributed by atoms with E-state index in [2.05, 4.69) is 9.55 Å². The summed E-state index contributed by atoms with van der Waals surface area (Å²) in [4.78, 5) is 18.4. The molecule has 1 aromatic carbocycles. The zero-order valence-corrected chi connectivity index (χ0v) is 11.0. The summed E-state index contributed by atoms with van der Waals surface area (Å²) in [6, 6.07) is 9.79. The Morgan fingerprint density at radius 1 is 1.37 bits per heavy atom. The molecule has 0 N–H and O–H groups in total. The molecule has 2 aromatic rings. The number of fused-ring (bicyclic) bond motifs is 1. The van der Waals surface area contributed by atoms with E-state index in [0.29, 0.717) is 0 Å². The minimum atomic E-state index is 0.0643. The first-order valence-corrected chi connectivity index (χ1v) is 6.57. The second kappa shape index (κ2) is 4.88. The van der Waals surface area contributed by atoms with Crippen LogP contribution >= 0.6 is 0 Å². The summed E-state index contributed by atoms with van der Waals surface area (Å²) in [6.45, 7) is 0.883. The Kier molecular flexibility index (Phi) is 3.07. The van der Waals surface area contributed by atoms with Crippen molar-refractivity contribution in [3.8, 4) is 0 Å². The molecule has 0 bridgehead atoms. The third kappa shape index (κ3) is 2.26. The van der Waals surface area contributed by atoms with Gasteiger partial charge in [-0.2, -0.15) is 0 Å². The summed E-state index contributed by atoms with van der Waals surface area (Å²) in [6.07, 6.45) is 5.38. The highest BCUT2D eigenvalue weighted by molar-refractivity contribution is 5.94. The van der Waals surface area contributed by atoms with Crippen LogP contribution in [-0.2, 0) is 17.8 Å². The fourth-order valence-electron chi connectivity index (χ4n) is 2.63. The predicted octanol–water partition coefficient (Wildman–Crippen LogP) is 2.11. The predicted molar refractivity (Wildman–Crippen MR) is 73.9 cm³/mol. The van der Waals surface area contributed by atoms with Gasteiger partial charge in [-0.3, -0.25) is 4.79 Å². The second-order valence-corrected chi connectivity index (χ2v) is 5.00. The second-order valence-electron chi connectivity index (χ2n) is 5.00. The van der Waals surface area contributed by atoms with Crippen molar-refractivity contribution in [2.75, 3.05) is 11.9 Å². The van der Waals surface area contributed by atoms with E-state index in [9.17, 15) is 4.79 Å². The van der Waals surface area contributed by atoms with Gasteiger partial charge in [0.1, 0.15) is 0 Å². The smallest absolute Gasteiger partial charge is 0.230 e. The summed E-state index contributed by atoms with van der Waals surface area (Å²) in [5.74, 6) is 0.257. The Morgan fingerprint density at radius 2 is 2.16 bits per heavy atom. The SMILES string of the molecule is CN(C(=O)C1CCn2cncc2C1)c1ccccc1. The molecule has 0 aliphatic carbocycles. The van der Waals surface area contributed by atoms with E-state index in [1.807, 2.05) is 49.9 Å². The van der Waals surface area contributed by atoms with E-state index in [-0.39, 0.29) is 11.8 Å². The maximum atomic E-state index is 12.5. The van der Waals surface area contributed by atoms with Crippen molar-refractivity contribution in [1.29, 1.82) is 0 Å². The fourth-order valence-corrected chi connectivity index (χ4v) is 2.63. The zero-order chi connectivity index (χ0) is 13.2. The van der Waals surface area contributed by atoms with Crippen LogP contribution in [0.2, 0.25) is 0 Å². The number of aromatic nitrogens is 2. The highest BCUT2D eigenvalue weighted by Crippen LogP contribution is 2.23. The van der Waals surface area contributed by atoms with Crippen LogP contribution in [0.25, 0.3) is 0 Å². The molecule has 0 spiro atoms. The number of carbonyl (C=O) groups is 1. The lowest BCUT2D eigenvalue weighted by atomic mass is 9.94. The molecular weight excluding hydrogens is 238 g/mol. The van der Waals surface area contributed by atoms with Gasteiger partial charge in [-0.15, -0.1) is 0 Å². The molecule has 1 amide bonds. The van der Waals surface area contributed by atoms with Crippen LogP contribution in [0, 0.1) is 5.92 Å². The van der Waals surface area contributed by atoms with E-state index in [0.717, 1.165) is 30.8 Å².